The van der Waals surface area contributed by atoms with Crippen LogP contribution in [-0.2, 0) is 4.79 Å². The van der Waals surface area contributed by atoms with Crippen LogP contribution >= 0.6 is 22.9 Å². The second kappa shape index (κ2) is 8.01. The van der Waals surface area contributed by atoms with Gasteiger partial charge in [0.15, 0.2) is 0 Å². The molecule has 1 aliphatic rings. The Morgan fingerprint density at radius 2 is 1.90 bits per heavy atom. The number of carbonyl (C=O) groups excluding carboxylic acids is 1. The number of benzene rings is 2. The number of thiophene rings is 1. The third-order valence-electron chi connectivity index (χ3n) is 5.05. The highest BCUT2D eigenvalue weighted by molar-refractivity contribution is 7.15. The van der Waals surface area contributed by atoms with E-state index in [-0.39, 0.29) is 23.1 Å². The van der Waals surface area contributed by atoms with Crippen LogP contribution in [0.2, 0.25) is 5.02 Å². The largest absolute Gasteiger partial charge is 0.497 e. The maximum Gasteiger partial charge on any atom is 0.346 e. The number of hydrogen-bond acceptors (Lipinski definition) is 5. The van der Waals surface area contributed by atoms with Crippen molar-refractivity contribution in [3.05, 3.63) is 62.8 Å². The Morgan fingerprint density at radius 3 is 2.53 bits per heavy atom. The summed E-state index contributed by atoms with van der Waals surface area (Å²) in [6, 6.07) is 12.3. The van der Waals surface area contributed by atoms with E-state index >= 15 is 0 Å². The van der Waals surface area contributed by atoms with Gasteiger partial charge < -0.3 is 19.9 Å². The quantitative estimate of drug-likeness (QED) is 0.562. The normalized spacial score (nSPS) is 15.3. The first-order valence-corrected chi connectivity index (χ1v) is 10.3. The number of methoxy groups -OCH3 is 2. The van der Waals surface area contributed by atoms with Crippen LogP contribution in [-0.4, -0.2) is 31.2 Å². The lowest BCUT2D eigenvalue weighted by Crippen LogP contribution is -2.22. The van der Waals surface area contributed by atoms with Gasteiger partial charge in [0.25, 0.3) is 0 Å². The van der Waals surface area contributed by atoms with Gasteiger partial charge in [-0.3, -0.25) is 4.79 Å². The Labute approximate surface area is 182 Å². The number of hydrogen-bond donors (Lipinski definition) is 2. The SMILES string of the molecule is COc1ccc([C@@H]2CC(=O)Nc3c2sc(C(=O)O)c3-c2ccc(Cl)cc2)c(OC)c1. The molecule has 1 atom stereocenters. The smallest absolute Gasteiger partial charge is 0.346 e. The summed E-state index contributed by atoms with van der Waals surface area (Å²) in [4.78, 5) is 25.6. The minimum Gasteiger partial charge on any atom is -0.497 e. The molecule has 2 aromatic carbocycles. The van der Waals surface area contributed by atoms with Gasteiger partial charge in [0, 0.05) is 39.4 Å². The third-order valence-corrected chi connectivity index (χ3v) is 6.59. The molecule has 1 aliphatic heterocycles. The lowest BCUT2D eigenvalue weighted by molar-refractivity contribution is -0.116. The molecular formula is C22H18ClNO5S. The van der Waals surface area contributed by atoms with Crippen LogP contribution < -0.4 is 14.8 Å². The first kappa shape index (κ1) is 20.3. The summed E-state index contributed by atoms with van der Waals surface area (Å²) in [5.74, 6) is -0.350. The van der Waals surface area contributed by atoms with E-state index in [1.807, 2.05) is 6.07 Å². The molecule has 30 heavy (non-hydrogen) atoms. The molecule has 4 rings (SSSR count). The van der Waals surface area contributed by atoms with Gasteiger partial charge in [0.2, 0.25) is 5.91 Å². The van der Waals surface area contributed by atoms with Crippen LogP contribution in [0.4, 0.5) is 5.69 Å². The number of amides is 1. The summed E-state index contributed by atoms with van der Waals surface area (Å²) in [6.07, 6.45) is 0.190. The Kier molecular flexibility index (Phi) is 5.40. The fourth-order valence-electron chi connectivity index (χ4n) is 3.69. The molecule has 2 N–H and O–H groups in total. The highest BCUT2D eigenvalue weighted by Gasteiger charge is 2.35. The molecule has 1 aromatic heterocycles. The number of carbonyl (C=O) groups is 2. The second-order valence-corrected chi connectivity index (χ2v) is 8.26. The van der Waals surface area contributed by atoms with E-state index in [0.717, 1.165) is 10.4 Å². The highest BCUT2D eigenvalue weighted by atomic mass is 35.5. The zero-order valence-corrected chi connectivity index (χ0v) is 17.8. The van der Waals surface area contributed by atoms with E-state index in [1.165, 1.54) is 11.3 Å². The molecule has 0 saturated carbocycles. The minimum absolute atomic E-state index is 0.169. The van der Waals surface area contributed by atoms with Crippen molar-refractivity contribution in [1.82, 2.24) is 0 Å². The molecule has 0 spiro atoms. The monoisotopic (exact) mass is 443 g/mol. The average Bonchev–Trinajstić information content (AvgIpc) is 3.13. The van der Waals surface area contributed by atoms with Crippen LogP contribution in [0.1, 0.15) is 32.5 Å². The molecule has 8 heteroatoms. The van der Waals surface area contributed by atoms with Crippen molar-refractivity contribution in [1.29, 1.82) is 0 Å². The van der Waals surface area contributed by atoms with E-state index in [2.05, 4.69) is 5.32 Å². The van der Waals surface area contributed by atoms with Crippen LogP contribution in [0.15, 0.2) is 42.5 Å². The van der Waals surface area contributed by atoms with Gasteiger partial charge in [-0.15, -0.1) is 11.3 Å². The fourth-order valence-corrected chi connectivity index (χ4v) is 5.05. The molecule has 0 aliphatic carbocycles. The topological polar surface area (TPSA) is 84.9 Å². The molecule has 154 valence electrons. The van der Waals surface area contributed by atoms with Crippen LogP contribution in [0.3, 0.4) is 0 Å². The molecule has 2 heterocycles. The lowest BCUT2D eigenvalue weighted by Gasteiger charge is -2.25. The van der Waals surface area contributed by atoms with Gasteiger partial charge in [0.05, 0.1) is 19.9 Å². The summed E-state index contributed by atoms with van der Waals surface area (Å²) in [7, 11) is 3.12. The average molecular weight is 444 g/mol. The molecule has 1 amide bonds. The van der Waals surface area contributed by atoms with Crippen LogP contribution in [0.5, 0.6) is 11.5 Å². The van der Waals surface area contributed by atoms with Crippen molar-refractivity contribution < 1.29 is 24.2 Å². The number of aromatic carboxylic acids is 1. The number of halogens is 1. The molecule has 3 aromatic rings. The Morgan fingerprint density at radius 1 is 1.17 bits per heavy atom. The molecule has 0 bridgehead atoms. The molecule has 0 fully saturated rings. The summed E-state index contributed by atoms with van der Waals surface area (Å²) in [5, 5.41) is 13.3. The van der Waals surface area contributed by atoms with Gasteiger partial charge >= 0.3 is 5.97 Å². The van der Waals surface area contributed by atoms with Crippen molar-refractivity contribution in [2.75, 3.05) is 19.5 Å². The molecular weight excluding hydrogens is 426 g/mol. The second-order valence-electron chi connectivity index (χ2n) is 6.77. The number of carboxylic acid groups (broad SMARTS) is 1. The van der Waals surface area contributed by atoms with Crippen molar-refractivity contribution in [3.63, 3.8) is 0 Å². The maximum absolute atomic E-state index is 12.6. The zero-order chi connectivity index (χ0) is 21.4. The van der Waals surface area contributed by atoms with Crippen molar-refractivity contribution in [3.8, 4) is 22.6 Å². The predicted molar refractivity (Wildman–Crippen MR) is 116 cm³/mol. The van der Waals surface area contributed by atoms with Crippen molar-refractivity contribution in [2.45, 2.75) is 12.3 Å². The van der Waals surface area contributed by atoms with Crippen LogP contribution in [0, 0.1) is 0 Å². The number of anilines is 1. The van der Waals surface area contributed by atoms with Gasteiger partial charge in [-0.25, -0.2) is 4.79 Å². The summed E-state index contributed by atoms with van der Waals surface area (Å²) < 4.78 is 10.8. The number of fused-ring (bicyclic) bond motifs is 1. The fraction of sp³-hybridized carbons (Fsp3) is 0.182. The zero-order valence-electron chi connectivity index (χ0n) is 16.2. The Balaban J connectivity index is 1.93. The van der Waals surface area contributed by atoms with Crippen molar-refractivity contribution >= 4 is 40.5 Å². The van der Waals surface area contributed by atoms with E-state index in [1.54, 1.807) is 50.6 Å². The highest BCUT2D eigenvalue weighted by Crippen LogP contribution is 2.51. The van der Waals surface area contributed by atoms with Crippen LogP contribution in [0.25, 0.3) is 11.1 Å². The third kappa shape index (κ3) is 3.51. The summed E-state index contributed by atoms with van der Waals surface area (Å²) in [5.41, 5.74) is 2.50. The van der Waals surface area contributed by atoms with Gasteiger partial charge in [0.1, 0.15) is 16.4 Å². The standard InChI is InChI=1S/C22H18ClNO5S/c1-28-13-7-8-14(16(9-13)29-2)15-10-17(25)24-19-18(11-3-5-12(23)6-4-11)21(22(26)27)30-20(15)19/h3-9,15H,10H2,1-2H3,(H,24,25)(H,26,27)/t15-/m0/s1. The van der Waals surface area contributed by atoms with Gasteiger partial charge in [-0.2, -0.15) is 0 Å². The molecule has 6 nitrogen and oxygen atoms in total. The molecule has 0 radical (unpaired) electrons. The number of rotatable bonds is 5. The summed E-state index contributed by atoms with van der Waals surface area (Å²) >= 11 is 7.16. The van der Waals surface area contributed by atoms with E-state index in [9.17, 15) is 14.7 Å². The Bertz CT molecular complexity index is 1140. The number of carboxylic acids is 1. The van der Waals surface area contributed by atoms with Gasteiger partial charge in [-0.05, 0) is 23.8 Å². The number of nitrogens with one attached hydrogen (secondary N) is 1. The van der Waals surface area contributed by atoms with E-state index in [0.29, 0.717) is 33.3 Å². The molecule has 0 saturated heterocycles. The first-order valence-electron chi connectivity index (χ1n) is 9.10. The minimum atomic E-state index is -1.05. The van der Waals surface area contributed by atoms with Gasteiger partial charge in [-0.1, -0.05) is 29.8 Å². The lowest BCUT2D eigenvalue weighted by atomic mass is 9.88. The van der Waals surface area contributed by atoms with E-state index < -0.39 is 5.97 Å². The van der Waals surface area contributed by atoms with Crippen molar-refractivity contribution in [2.24, 2.45) is 0 Å². The Hall–Kier alpha value is -3.03. The molecule has 0 unspecified atom stereocenters. The van der Waals surface area contributed by atoms with E-state index in [4.69, 9.17) is 21.1 Å². The summed E-state index contributed by atoms with van der Waals surface area (Å²) in [6.45, 7) is 0. The first-order chi connectivity index (χ1) is 14.4. The predicted octanol–water partition coefficient (Wildman–Crippen LogP) is 5.26. The number of ether oxygens (including phenoxy) is 2. The maximum atomic E-state index is 12.6.